The summed E-state index contributed by atoms with van der Waals surface area (Å²) in [5.41, 5.74) is 7.87. The maximum absolute atomic E-state index is 9.50. The smallest absolute Gasteiger partial charge is 0.0836 e. The van der Waals surface area contributed by atoms with Gasteiger partial charge >= 0.3 is 0 Å². The Bertz CT molecular complexity index is 321. The van der Waals surface area contributed by atoms with Gasteiger partial charge in [-0.3, -0.25) is 0 Å². The number of rotatable bonds is 6. The summed E-state index contributed by atoms with van der Waals surface area (Å²) in [5, 5.41) is 9.50. The maximum atomic E-state index is 9.50. The molecule has 0 saturated heterocycles. The molecule has 1 aromatic rings. The second kappa shape index (κ2) is 6.62. The summed E-state index contributed by atoms with van der Waals surface area (Å²) in [6, 6.07) is 8.50. The fraction of sp³-hybridized carbons (Fsp3) is 0.571. The minimum atomic E-state index is -0.463. The molecule has 0 fully saturated rings. The molecule has 0 amide bonds. The molecule has 0 aromatic heterocycles. The molecule has 1 rings (SSSR count). The highest BCUT2D eigenvalue weighted by Gasteiger charge is 2.07. The number of anilines is 1. The van der Waals surface area contributed by atoms with Crippen LogP contribution in [0.3, 0.4) is 0 Å². The second-order valence-corrected chi connectivity index (χ2v) is 5.03. The van der Waals surface area contributed by atoms with E-state index < -0.39 is 6.10 Å². The molecule has 0 aliphatic rings. The molecule has 96 valence electrons. The fourth-order valence-corrected chi connectivity index (χ4v) is 1.85. The summed E-state index contributed by atoms with van der Waals surface area (Å²) >= 11 is 0. The van der Waals surface area contributed by atoms with Crippen molar-refractivity contribution < 1.29 is 5.11 Å². The molecule has 0 heterocycles. The quantitative estimate of drug-likeness (QED) is 0.789. The van der Waals surface area contributed by atoms with E-state index in [1.54, 1.807) is 0 Å². The summed E-state index contributed by atoms with van der Waals surface area (Å²) in [5.74, 6) is 0.678. The van der Waals surface area contributed by atoms with Crippen LogP contribution in [0.2, 0.25) is 0 Å². The zero-order valence-electron chi connectivity index (χ0n) is 11.1. The third-order valence-corrected chi connectivity index (χ3v) is 2.78. The van der Waals surface area contributed by atoms with E-state index in [0.717, 1.165) is 12.1 Å². The standard InChI is InChI=1S/C14H24N2O/c1-11(2)8-12-4-6-13(7-5-12)16(3)10-14(17)9-15/h4-7,11,14,17H,8-10,15H2,1-3H3. The van der Waals surface area contributed by atoms with Crippen LogP contribution in [0, 0.1) is 5.92 Å². The van der Waals surface area contributed by atoms with Crippen molar-refractivity contribution in [3.63, 3.8) is 0 Å². The van der Waals surface area contributed by atoms with E-state index in [1.165, 1.54) is 5.56 Å². The van der Waals surface area contributed by atoms with Gasteiger partial charge in [0.1, 0.15) is 0 Å². The number of hydrogen-bond donors (Lipinski definition) is 2. The maximum Gasteiger partial charge on any atom is 0.0836 e. The first-order valence-corrected chi connectivity index (χ1v) is 6.21. The van der Waals surface area contributed by atoms with Crippen molar-refractivity contribution in [2.24, 2.45) is 11.7 Å². The fourth-order valence-electron chi connectivity index (χ4n) is 1.85. The van der Waals surface area contributed by atoms with E-state index in [9.17, 15) is 5.11 Å². The Morgan fingerprint density at radius 2 is 1.82 bits per heavy atom. The van der Waals surface area contributed by atoms with Crippen LogP contribution in [0.15, 0.2) is 24.3 Å². The molecule has 3 nitrogen and oxygen atoms in total. The molecule has 3 heteroatoms. The number of nitrogens with zero attached hydrogens (tertiary/aromatic N) is 1. The molecule has 0 radical (unpaired) electrons. The van der Waals surface area contributed by atoms with Gasteiger partial charge in [-0.25, -0.2) is 0 Å². The first kappa shape index (κ1) is 14.0. The number of nitrogens with two attached hydrogens (primary N) is 1. The van der Waals surface area contributed by atoms with Crippen LogP contribution in [-0.2, 0) is 6.42 Å². The normalized spacial score (nSPS) is 12.8. The van der Waals surface area contributed by atoms with Crippen molar-refractivity contribution in [3.8, 4) is 0 Å². The Morgan fingerprint density at radius 1 is 1.24 bits per heavy atom. The summed E-state index contributed by atoms with van der Waals surface area (Å²) < 4.78 is 0. The zero-order valence-corrected chi connectivity index (χ0v) is 11.1. The number of aliphatic hydroxyl groups excluding tert-OH is 1. The van der Waals surface area contributed by atoms with E-state index in [0.29, 0.717) is 19.0 Å². The largest absolute Gasteiger partial charge is 0.390 e. The van der Waals surface area contributed by atoms with Gasteiger partial charge < -0.3 is 15.7 Å². The van der Waals surface area contributed by atoms with Gasteiger partial charge in [0.15, 0.2) is 0 Å². The molecular weight excluding hydrogens is 212 g/mol. The summed E-state index contributed by atoms with van der Waals surface area (Å²) in [6.07, 6.45) is 0.644. The molecule has 17 heavy (non-hydrogen) atoms. The van der Waals surface area contributed by atoms with Gasteiger partial charge in [-0.1, -0.05) is 26.0 Å². The van der Waals surface area contributed by atoms with Crippen LogP contribution in [0.25, 0.3) is 0 Å². The molecule has 0 spiro atoms. The van der Waals surface area contributed by atoms with E-state index >= 15 is 0 Å². The summed E-state index contributed by atoms with van der Waals surface area (Å²) in [4.78, 5) is 2.02. The van der Waals surface area contributed by atoms with Gasteiger partial charge in [0.25, 0.3) is 0 Å². The van der Waals surface area contributed by atoms with Crippen molar-refractivity contribution in [2.45, 2.75) is 26.4 Å². The average molecular weight is 236 g/mol. The molecule has 0 bridgehead atoms. The van der Waals surface area contributed by atoms with Gasteiger partial charge in [0, 0.05) is 25.8 Å². The van der Waals surface area contributed by atoms with Gasteiger partial charge in [-0.2, -0.15) is 0 Å². The lowest BCUT2D eigenvalue weighted by atomic mass is 10.0. The highest BCUT2D eigenvalue weighted by Crippen LogP contribution is 2.16. The van der Waals surface area contributed by atoms with Crippen molar-refractivity contribution >= 4 is 5.69 Å². The molecule has 0 aliphatic carbocycles. The van der Waals surface area contributed by atoms with Gasteiger partial charge in [0.2, 0.25) is 0 Å². The second-order valence-electron chi connectivity index (χ2n) is 5.03. The molecule has 1 aromatic carbocycles. The van der Waals surface area contributed by atoms with Crippen LogP contribution in [-0.4, -0.2) is 31.3 Å². The number of benzene rings is 1. The monoisotopic (exact) mass is 236 g/mol. The van der Waals surface area contributed by atoms with E-state index in [2.05, 4.69) is 38.1 Å². The third kappa shape index (κ3) is 4.75. The van der Waals surface area contributed by atoms with E-state index in [1.807, 2.05) is 11.9 Å². The highest BCUT2D eigenvalue weighted by atomic mass is 16.3. The van der Waals surface area contributed by atoms with Crippen LogP contribution in [0.5, 0.6) is 0 Å². The van der Waals surface area contributed by atoms with Crippen molar-refractivity contribution in [1.82, 2.24) is 0 Å². The minimum Gasteiger partial charge on any atom is -0.390 e. The Kier molecular flexibility index (Phi) is 5.45. The van der Waals surface area contributed by atoms with E-state index in [4.69, 9.17) is 5.73 Å². The van der Waals surface area contributed by atoms with Crippen molar-refractivity contribution in [3.05, 3.63) is 29.8 Å². The Balaban J connectivity index is 2.60. The first-order chi connectivity index (χ1) is 8.02. The predicted octanol–water partition coefficient (Wildman–Crippen LogP) is 1.64. The Labute approximate surface area is 104 Å². The van der Waals surface area contributed by atoms with Gasteiger partial charge in [-0.15, -0.1) is 0 Å². The minimum absolute atomic E-state index is 0.301. The highest BCUT2D eigenvalue weighted by molar-refractivity contribution is 5.47. The lowest BCUT2D eigenvalue weighted by Gasteiger charge is -2.22. The third-order valence-electron chi connectivity index (χ3n) is 2.78. The molecule has 1 atom stereocenters. The average Bonchev–Trinajstić information content (AvgIpc) is 2.28. The van der Waals surface area contributed by atoms with Crippen LogP contribution in [0.1, 0.15) is 19.4 Å². The first-order valence-electron chi connectivity index (χ1n) is 6.21. The lowest BCUT2D eigenvalue weighted by molar-refractivity contribution is 0.189. The molecule has 0 saturated carbocycles. The zero-order chi connectivity index (χ0) is 12.8. The number of hydrogen-bond acceptors (Lipinski definition) is 3. The summed E-state index contributed by atoms with van der Waals surface area (Å²) in [6.45, 7) is 5.31. The topological polar surface area (TPSA) is 49.5 Å². The Hall–Kier alpha value is -1.06. The predicted molar refractivity (Wildman–Crippen MR) is 73.3 cm³/mol. The van der Waals surface area contributed by atoms with E-state index in [-0.39, 0.29) is 0 Å². The molecule has 3 N–H and O–H groups in total. The lowest BCUT2D eigenvalue weighted by Crippen LogP contribution is -2.34. The molecule has 0 aliphatic heterocycles. The van der Waals surface area contributed by atoms with Crippen LogP contribution < -0.4 is 10.6 Å². The molecular formula is C14H24N2O. The van der Waals surface area contributed by atoms with Crippen molar-refractivity contribution in [2.75, 3.05) is 25.0 Å². The Morgan fingerprint density at radius 3 is 2.29 bits per heavy atom. The molecule has 1 unspecified atom stereocenters. The number of likely N-dealkylation sites (N-methyl/N-ethyl adjacent to an activating group) is 1. The van der Waals surface area contributed by atoms with Gasteiger partial charge in [0.05, 0.1) is 6.10 Å². The number of aliphatic hydroxyl groups is 1. The van der Waals surface area contributed by atoms with Gasteiger partial charge in [-0.05, 0) is 30.0 Å². The van der Waals surface area contributed by atoms with Crippen LogP contribution in [0.4, 0.5) is 5.69 Å². The summed E-state index contributed by atoms with van der Waals surface area (Å²) in [7, 11) is 1.97. The van der Waals surface area contributed by atoms with Crippen LogP contribution >= 0.6 is 0 Å². The van der Waals surface area contributed by atoms with Crippen molar-refractivity contribution in [1.29, 1.82) is 0 Å². The SMILES string of the molecule is CC(C)Cc1ccc(N(C)CC(O)CN)cc1.